The van der Waals surface area contributed by atoms with E-state index in [2.05, 4.69) is 0 Å². The van der Waals surface area contributed by atoms with Crippen LogP contribution in [0.3, 0.4) is 0 Å². The summed E-state index contributed by atoms with van der Waals surface area (Å²) in [5, 5.41) is 0. The van der Waals surface area contributed by atoms with Crippen LogP contribution >= 0.6 is 0 Å². The molecule has 0 aromatic heterocycles. The summed E-state index contributed by atoms with van der Waals surface area (Å²) >= 11 is 0. The minimum atomic E-state index is -3.37. The Hall–Kier alpha value is -0.910. The molecule has 5 heteroatoms. The molecule has 2 rings (SSSR count). The molecule has 4 nitrogen and oxygen atoms in total. The van der Waals surface area contributed by atoms with Gasteiger partial charge in [-0.25, -0.2) is 8.42 Å². The summed E-state index contributed by atoms with van der Waals surface area (Å²) < 4.78 is 26.6. The topological polar surface area (TPSA) is 63.4 Å². The van der Waals surface area contributed by atoms with Crippen LogP contribution in [0, 0.1) is 0 Å². The minimum absolute atomic E-state index is 0.0916. The van der Waals surface area contributed by atoms with E-state index in [1.807, 2.05) is 19.9 Å². The predicted octanol–water partition coefficient (Wildman–Crippen LogP) is 1.88. The number of benzene rings is 1. The number of hydrogen-bond donors (Lipinski definition) is 1. The second kappa shape index (κ2) is 4.99. The Balaban J connectivity index is 2.38. The van der Waals surface area contributed by atoms with E-state index in [9.17, 15) is 8.42 Å². The maximum absolute atomic E-state index is 12.5. The largest absolute Gasteiger partial charge is 0.324 e. The van der Waals surface area contributed by atoms with E-state index < -0.39 is 10.0 Å². The van der Waals surface area contributed by atoms with Gasteiger partial charge in [0.1, 0.15) is 0 Å². The van der Waals surface area contributed by atoms with Gasteiger partial charge in [0.2, 0.25) is 10.0 Å². The molecule has 1 heterocycles. The lowest BCUT2D eigenvalue weighted by Crippen LogP contribution is -2.33. The molecule has 0 spiro atoms. The van der Waals surface area contributed by atoms with Crippen molar-refractivity contribution in [1.82, 2.24) is 4.31 Å². The van der Waals surface area contributed by atoms with Crippen molar-refractivity contribution in [3.05, 3.63) is 29.8 Å². The van der Waals surface area contributed by atoms with Crippen LogP contribution in [0.5, 0.6) is 0 Å². The first-order valence-corrected chi connectivity index (χ1v) is 7.74. The molecule has 1 aromatic carbocycles. The number of sulfonamides is 1. The number of hydrogen-bond acceptors (Lipinski definition) is 3. The van der Waals surface area contributed by atoms with E-state index in [4.69, 9.17) is 5.73 Å². The second-order valence-electron chi connectivity index (χ2n) is 4.97. The third-order valence-corrected chi connectivity index (χ3v) is 5.49. The lowest BCUT2D eigenvalue weighted by atomic mass is 10.1. The molecule has 1 aromatic rings. The first kappa shape index (κ1) is 13.5. The van der Waals surface area contributed by atoms with Crippen LogP contribution < -0.4 is 5.73 Å². The number of nitrogens with two attached hydrogens (primary N) is 1. The third-order valence-electron chi connectivity index (χ3n) is 3.48. The molecule has 1 aliphatic heterocycles. The van der Waals surface area contributed by atoms with Gasteiger partial charge in [-0.1, -0.05) is 12.1 Å². The van der Waals surface area contributed by atoms with Gasteiger partial charge in [0, 0.05) is 18.6 Å². The van der Waals surface area contributed by atoms with Crippen molar-refractivity contribution >= 4 is 10.0 Å². The van der Waals surface area contributed by atoms with Gasteiger partial charge in [-0.05, 0) is 44.4 Å². The van der Waals surface area contributed by atoms with Crippen LogP contribution in [-0.4, -0.2) is 25.3 Å². The van der Waals surface area contributed by atoms with Gasteiger partial charge < -0.3 is 5.73 Å². The highest BCUT2D eigenvalue weighted by Crippen LogP contribution is 2.26. The first-order valence-electron chi connectivity index (χ1n) is 6.30. The van der Waals surface area contributed by atoms with Crippen molar-refractivity contribution in [2.75, 3.05) is 6.54 Å². The molecule has 0 aliphatic carbocycles. The zero-order chi connectivity index (χ0) is 13.3. The lowest BCUT2D eigenvalue weighted by molar-refractivity contribution is 0.408. The fraction of sp³-hybridized carbons (Fsp3) is 0.538. The van der Waals surface area contributed by atoms with E-state index in [0.717, 1.165) is 18.4 Å². The highest BCUT2D eigenvalue weighted by molar-refractivity contribution is 7.89. The molecule has 0 bridgehead atoms. The van der Waals surface area contributed by atoms with Gasteiger partial charge >= 0.3 is 0 Å². The highest BCUT2D eigenvalue weighted by Gasteiger charge is 2.32. The average molecular weight is 268 g/mol. The lowest BCUT2D eigenvalue weighted by Gasteiger charge is -2.21. The fourth-order valence-electron chi connectivity index (χ4n) is 2.36. The maximum atomic E-state index is 12.5. The summed E-state index contributed by atoms with van der Waals surface area (Å²) in [6.07, 6.45) is 1.87. The van der Waals surface area contributed by atoms with E-state index in [-0.39, 0.29) is 12.1 Å². The predicted molar refractivity (Wildman–Crippen MR) is 71.6 cm³/mol. The van der Waals surface area contributed by atoms with Gasteiger partial charge in [-0.3, -0.25) is 0 Å². The SMILES string of the molecule is CC(N)c1cccc(S(=O)(=O)N2CCCC2C)c1. The smallest absolute Gasteiger partial charge is 0.243 e. The zero-order valence-electron chi connectivity index (χ0n) is 10.8. The maximum Gasteiger partial charge on any atom is 0.243 e. The van der Waals surface area contributed by atoms with Crippen LogP contribution in [0.15, 0.2) is 29.2 Å². The van der Waals surface area contributed by atoms with Crippen LogP contribution in [0.4, 0.5) is 0 Å². The standard InChI is InChI=1S/C13H20N2O2S/c1-10-5-4-8-15(10)18(16,17)13-7-3-6-12(9-13)11(2)14/h3,6-7,9-11H,4-5,8,14H2,1-2H3. The third kappa shape index (κ3) is 2.43. The number of rotatable bonds is 3. The molecule has 0 saturated carbocycles. The van der Waals surface area contributed by atoms with Gasteiger partial charge in [0.25, 0.3) is 0 Å². The Morgan fingerprint density at radius 2 is 2.17 bits per heavy atom. The van der Waals surface area contributed by atoms with Crippen molar-refractivity contribution in [2.45, 2.75) is 43.7 Å². The monoisotopic (exact) mass is 268 g/mol. The van der Waals surface area contributed by atoms with Crippen LogP contribution in [0.1, 0.15) is 38.3 Å². The van der Waals surface area contributed by atoms with Crippen LogP contribution in [-0.2, 0) is 10.0 Å². The van der Waals surface area contributed by atoms with Crippen molar-refractivity contribution < 1.29 is 8.42 Å². The van der Waals surface area contributed by atoms with E-state index >= 15 is 0 Å². The molecular weight excluding hydrogens is 248 g/mol. The first-order chi connectivity index (χ1) is 8.43. The molecule has 2 N–H and O–H groups in total. The Bertz CT molecular complexity index is 526. The quantitative estimate of drug-likeness (QED) is 0.910. The van der Waals surface area contributed by atoms with E-state index in [0.29, 0.717) is 11.4 Å². The van der Waals surface area contributed by atoms with Crippen molar-refractivity contribution in [3.63, 3.8) is 0 Å². The van der Waals surface area contributed by atoms with Gasteiger partial charge in [0.15, 0.2) is 0 Å². The average Bonchev–Trinajstić information content (AvgIpc) is 2.76. The number of nitrogens with zero attached hydrogens (tertiary/aromatic N) is 1. The molecule has 0 amide bonds. The summed E-state index contributed by atoms with van der Waals surface area (Å²) in [6, 6.07) is 6.88. The van der Waals surface area contributed by atoms with E-state index in [1.54, 1.807) is 22.5 Å². The summed E-state index contributed by atoms with van der Waals surface area (Å²) in [5.74, 6) is 0. The molecule has 2 unspecified atom stereocenters. The van der Waals surface area contributed by atoms with Crippen LogP contribution in [0.25, 0.3) is 0 Å². The normalized spacial score (nSPS) is 23.2. The molecule has 0 radical (unpaired) electrons. The van der Waals surface area contributed by atoms with Gasteiger partial charge in [0.05, 0.1) is 4.90 Å². The summed E-state index contributed by atoms with van der Waals surface area (Å²) in [7, 11) is -3.37. The Kier molecular flexibility index (Phi) is 3.75. The molecule has 100 valence electrons. The molecule has 1 saturated heterocycles. The van der Waals surface area contributed by atoms with Crippen molar-refractivity contribution in [2.24, 2.45) is 5.73 Å². The van der Waals surface area contributed by atoms with Crippen molar-refractivity contribution in [3.8, 4) is 0 Å². The summed E-state index contributed by atoms with van der Waals surface area (Å²) in [5.41, 5.74) is 6.65. The Morgan fingerprint density at radius 3 is 2.72 bits per heavy atom. The molecule has 1 aliphatic rings. The fourth-order valence-corrected chi connectivity index (χ4v) is 4.11. The molecule has 1 fully saturated rings. The summed E-state index contributed by atoms with van der Waals surface area (Å²) in [4.78, 5) is 0.353. The van der Waals surface area contributed by atoms with Gasteiger partial charge in [-0.15, -0.1) is 0 Å². The molecule has 18 heavy (non-hydrogen) atoms. The Labute approximate surface area is 109 Å². The Morgan fingerprint density at radius 1 is 1.44 bits per heavy atom. The molecular formula is C13H20N2O2S. The second-order valence-corrected chi connectivity index (χ2v) is 6.86. The van der Waals surface area contributed by atoms with Crippen molar-refractivity contribution in [1.29, 1.82) is 0 Å². The molecule has 2 atom stereocenters. The minimum Gasteiger partial charge on any atom is -0.324 e. The van der Waals surface area contributed by atoms with E-state index in [1.165, 1.54) is 0 Å². The van der Waals surface area contributed by atoms with Gasteiger partial charge in [-0.2, -0.15) is 4.31 Å². The summed E-state index contributed by atoms with van der Waals surface area (Å²) in [6.45, 7) is 4.43. The highest BCUT2D eigenvalue weighted by atomic mass is 32.2. The van der Waals surface area contributed by atoms with Crippen LogP contribution in [0.2, 0.25) is 0 Å². The zero-order valence-corrected chi connectivity index (χ0v) is 11.7.